The van der Waals surface area contributed by atoms with Gasteiger partial charge in [-0.3, -0.25) is 4.79 Å². The highest BCUT2D eigenvalue weighted by atomic mass is 16.5. The van der Waals surface area contributed by atoms with Gasteiger partial charge in [0.1, 0.15) is 11.5 Å². The minimum absolute atomic E-state index is 0.0313. The Bertz CT molecular complexity index is 1080. The minimum atomic E-state index is -0.989. The molecule has 2 heterocycles. The molecule has 0 spiro atoms. The first kappa shape index (κ1) is 19.5. The normalized spacial score (nSPS) is 13.8. The van der Waals surface area contributed by atoms with Crippen molar-refractivity contribution in [2.75, 3.05) is 32.0 Å². The van der Waals surface area contributed by atoms with Crippen molar-refractivity contribution < 1.29 is 19.4 Å². The molecular weight excluding hydrogens is 384 g/mol. The van der Waals surface area contributed by atoms with E-state index in [0.29, 0.717) is 43.3 Å². The zero-order valence-corrected chi connectivity index (χ0v) is 16.1. The maximum Gasteiger partial charge on any atom is 0.335 e. The molecule has 0 atom stereocenters. The van der Waals surface area contributed by atoms with Gasteiger partial charge in [0.05, 0.1) is 30.7 Å². The van der Waals surface area contributed by atoms with Gasteiger partial charge in [0.15, 0.2) is 0 Å². The number of benzene rings is 2. The van der Waals surface area contributed by atoms with Gasteiger partial charge in [0.2, 0.25) is 0 Å². The Morgan fingerprint density at radius 3 is 2.17 bits per heavy atom. The number of carboxylic acids is 1. The molecular formula is C22H20N4O4. The van der Waals surface area contributed by atoms with Gasteiger partial charge in [-0.1, -0.05) is 24.3 Å². The van der Waals surface area contributed by atoms with Gasteiger partial charge in [0.25, 0.3) is 5.91 Å². The van der Waals surface area contributed by atoms with Crippen LogP contribution in [0.3, 0.4) is 0 Å². The lowest BCUT2D eigenvalue weighted by atomic mass is 10.1. The lowest BCUT2D eigenvalue weighted by molar-refractivity contribution is 0.0303. The van der Waals surface area contributed by atoms with Crippen LogP contribution >= 0.6 is 0 Å². The van der Waals surface area contributed by atoms with E-state index in [1.165, 1.54) is 12.1 Å². The van der Waals surface area contributed by atoms with Crippen molar-refractivity contribution in [3.8, 4) is 22.5 Å². The lowest BCUT2D eigenvalue weighted by Gasteiger charge is -2.26. The molecule has 0 bridgehead atoms. The predicted molar refractivity (Wildman–Crippen MR) is 111 cm³/mol. The van der Waals surface area contributed by atoms with Crippen molar-refractivity contribution >= 4 is 17.7 Å². The van der Waals surface area contributed by atoms with Crippen LogP contribution in [0.1, 0.15) is 20.7 Å². The molecule has 4 rings (SSSR count). The third-order valence-corrected chi connectivity index (χ3v) is 4.93. The summed E-state index contributed by atoms with van der Waals surface area (Å²) in [5.41, 5.74) is 9.37. The number of morpholine rings is 1. The lowest BCUT2D eigenvalue weighted by Crippen LogP contribution is -2.40. The van der Waals surface area contributed by atoms with E-state index in [4.69, 9.17) is 15.6 Å². The average Bonchev–Trinajstić information content (AvgIpc) is 2.80. The molecule has 1 fully saturated rings. The number of rotatable bonds is 4. The van der Waals surface area contributed by atoms with E-state index in [9.17, 15) is 9.59 Å². The number of hydrogen-bond donors (Lipinski definition) is 2. The second-order valence-electron chi connectivity index (χ2n) is 6.85. The molecule has 3 N–H and O–H groups in total. The minimum Gasteiger partial charge on any atom is -0.478 e. The molecule has 1 aliphatic rings. The van der Waals surface area contributed by atoms with Crippen LogP contribution < -0.4 is 5.73 Å². The fourth-order valence-electron chi connectivity index (χ4n) is 3.25. The second-order valence-corrected chi connectivity index (χ2v) is 6.85. The first-order valence-electron chi connectivity index (χ1n) is 9.46. The third-order valence-electron chi connectivity index (χ3n) is 4.93. The molecule has 0 unspecified atom stereocenters. The average molecular weight is 404 g/mol. The van der Waals surface area contributed by atoms with Crippen molar-refractivity contribution in [3.05, 3.63) is 65.9 Å². The molecule has 0 radical (unpaired) electrons. The van der Waals surface area contributed by atoms with Crippen molar-refractivity contribution in [2.24, 2.45) is 0 Å². The maximum atomic E-state index is 12.6. The number of aromatic carboxylic acids is 1. The summed E-state index contributed by atoms with van der Waals surface area (Å²) in [5, 5.41) is 9.04. The molecule has 152 valence electrons. The van der Waals surface area contributed by atoms with E-state index in [1.807, 2.05) is 0 Å². The van der Waals surface area contributed by atoms with E-state index in [-0.39, 0.29) is 17.3 Å². The molecule has 0 aliphatic carbocycles. The number of ether oxygens (including phenoxy) is 1. The first-order valence-corrected chi connectivity index (χ1v) is 9.46. The summed E-state index contributed by atoms with van der Waals surface area (Å²) in [7, 11) is 0. The number of nitrogens with zero attached hydrogens (tertiary/aromatic N) is 3. The summed E-state index contributed by atoms with van der Waals surface area (Å²) in [6, 6.07) is 13.5. The molecule has 1 saturated heterocycles. The van der Waals surface area contributed by atoms with Crippen molar-refractivity contribution in [1.82, 2.24) is 14.9 Å². The van der Waals surface area contributed by atoms with Gasteiger partial charge in [-0.2, -0.15) is 0 Å². The Hall–Kier alpha value is -3.78. The van der Waals surface area contributed by atoms with E-state index < -0.39 is 5.97 Å². The predicted octanol–water partition coefficient (Wildman–Crippen LogP) is 2.56. The summed E-state index contributed by atoms with van der Waals surface area (Å²) >= 11 is 0. The summed E-state index contributed by atoms with van der Waals surface area (Å²) in [6.07, 6.45) is 1.55. The van der Waals surface area contributed by atoms with Crippen LogP contribution in [0.5, 0.6) is 0 Å². The monoisotopic (exact) mass is 404 g/mol. The summed E-state index contributed by atoms with van der Waals surface area (Å²) in [5.74, 6) is -0.748. The van der Waals surface area contributed by atoms with Crippen LogP contribution in [0.15, 0.2) is 54.7 Å². The molecule has 8 nitrogen and oxygen atoms in total. The standard InChI is InChI=1S/C22H20N4O4/c23-20-19(25-18(13-24-20)14-1-7-17(8-2-14)22(28)29)15-3-5-16(6-4-15)21(27)26-9-11-30-12-10-26/h1-8,13H,9-12H2,(H2,23,24)(H,28,29). The largest absolute Gasteiger partial charge is 0.478 e. The third kappa shape index (κ3) is 3.99. The van der Waals surface area contributed by atoms with Gasteiger partial charge in [-0.05, 0) is 24.3 Å². The Kier molecular flexibility index (Phi) is 5.40. The summed E-state index contributed by atoms with van der Waals surface area (Å²) < 4.78 is 5.29. The van der Waals surface area contributed by atoms with Gasteiger partial charge in [-0.15, -0.1) is 0 Å². The van der Waals surface area contributed by atoms with Gasteiger partial charge in [0, 0.05) is 29.8 Å². The van der Waals surface area contributed by atoms with E-state index in [1.54, 1.807) is 47.5 Å². The SMILES string of the molecule is Nc1ncc(-c2ccc(C(=O)O)cc2)nc1-c1ccc(C(=O)N2CCOCC2)cc1. The second kappa shape index (κ2) is 8.30. The Balaban J connectivity index is 1.59. The van der Waals surface area contributed by atoms with Crippen LogP contribution in [0.2, 0.25) is 0 Å². The zero-order chi connectivity index (χ0) is 21.1. The number of anilines is 1. The maximum absolute atomic E-state index is 12.6. The quantitative estimate of drug-likeness (QED) is 0.686. The number of nitrogen functional groups attached to an aromatic ring is 1. The molecule has 30 heavy (non-hydrogen) atoms. The van der Waals surface area contributed by atoms with Crippen molar-refractivity contribution in [1.29, 1.82) is 0 Å². The Morgan fingerprint density at radius 1 is 0.933 bits per heavy atom. The molecule has 1 aromatic heterocycles. The van der Waals surface area contributed by atoms with Crippen LogP contribution in [0, 0.1) is 0 Å². The van der Waals surface area contributed by atoms with Crippen molar-refractivity contribution in [3.63, 3.8) is 0 Å². The van der Waals surface area contributed by atoms with Crippen molar-refractivity contribution in [2.45, 2.75) is 0 Å². The highest BCUT2D eigenvalue weighted by Crippen LogP contribution is 2.26. The van der Waals surface area contributed by atoms with E-state index in [0.717, 1.165) is 11.1 Å². The zero-order valence-electron chi connectivity index (χ0n) is 16.1. The number of nitrogens with two attached hydrogens (primary N) is 1. The summed E-state index contributed by atoms with van der Waals surface area (Å²) in [4.78, 5) is 34.2. The number of hydrogen-bond acceptors (Lipinski definition) is 6. The van der Waals surface area contributed by atoms with Gasteiger partial charge < -0.3 is 20.5 Å². The van der Waals surface area contributed by atoms with Gasteiger partial charge >= 0.3 is 5.97 Å². The Morgan fingerprint density at radius 2 is 1.53 bits per heavy atom. The fourth-order valence-corrected chi connectivity index (χ4v) is 3.25. The van der Waals surface area contributed by atoms with Crippen LogP contribution in [0.25, 0.3) is 22.5 Å². The number of amides is 1. The summed E-state index contributed by atoms with van der Waals surface area (Å²) in [6.45, 7) is 2.27. The highest BCUT2D eigenvalue weighted by molar-refractivity contribution is 5.95. The highest BCUT2D eigenvalue weighted by Gasteiger charge is 2.19. The Labute approximate surface area is 172 Å². The fraction of sp³-hybridized carbons (Fsp3) is 0.182. The van der Waals surface area contributed by atoms with Gasteiger partial charge in [-0.25, -0.2) is 14.8 Å². The molecule has 0 saturated carbocycles. The number of carboxylic acid groups (broad SMARTS) is 1. The molecule has 2 aromatic carbocycles. The molecule has 1 amide bonds. The smallest absolute Gasteiger partial charge is 0.335 e. The molecule has 3 aromatic rings. The van der Waals surface area contributed by atoms with Crippen LogP contribution in [-0.2, 0) is 4.74 Å². The van der Waals surface area contributed by atoms with E-state index >= 15 is 0 Å². The van der Waals surface area contributed by atoms with Crippen LogP contribution in [-0.4, -0.2) is 58.2 Å². The number of carbonyl (C=O) groups excluding carboxylic acids is 1. The first-order chi connectivity index (χ1) is 14.5. The topological polar surface area (TPSA) is 119 Å². The molecule has 1 aliphatic heterocycles. The molecule has 8 heteroatoms. The van der Waals surface area contributed by atoms with Crippen LogP contribution in [0.4, 0.5) is 5.82 Å². The number of aromatic nitrogens is 2. The van der Waals surface area contributed by atoms with E-state index in [2.05, 4.69) is 9.97 Å². The number of carbonyl (C=O) groups is 2.